The molecule has 0 heterocycles. The summed E-state index contributed by atoms with van der Waals surface area (Å²) in [4.78, 5) is 0. The summed E-state index contributed by atoms with van der Waals surface area (Å²) in [6.45, 7) is 8.81. The summed E-state index contributed by atoms with van der Waals surface area (Å²) in [5.74, 6) is 0. The highest BCUT2D eigenvalue weighted by molar-refractivity contribution is 6.31. The summed E-state index contributed by atoms with van der Waals surface area (Å²) in [6.07, 6.45) is 0.904. The van der Waals surface area contributed by atoms with Gasteiger partial charge in [0, 0.05) is 11.1 Å². The summed E-state index contributed by atoms with van der Waals surface area (Å²) in [6, 6.07) is 10.7. The highest BCUT2D eigenvalue weighted by Gasteiger charge is 2.18. The second-order valence-electron chi connectivity index (χ2n) is 5.81. The van der Waals surface area contributed by atoms with E-state index in [2.05, 4.69) is 51.2 Å². The Morgan fingerprint density at radius 2 is 1.57 bits per heavy atom. The molecule has 112 valence electrons. The van der Waals surface area contributed by atoms with Gasteiger partial charge in [0.25, 0.3) is 0 Å². The lowest BCUT2D eigenvalue weighted by atomic mass is 9.87. The predicted octanol–water partition coefficient (Wildman–Crippen LogP) is 5.08. The van der Waals surface area contributed by atoms with Crippen molar-refractivity contribution >= 4 is 11.6 Å². The van der Waals surface area contributed by atoms with Crippen molar-refractivity contribution in [1.29, 1.82) is 0 Å². The smallest absolute Gasteiger partial charge is 0.0438 e. The molecule has 0 aliphatic rings. The molecule has 2 aromatic carbocycles. The van der Waals surface area contributed by atoms with E-state index in [0.717, 1.165) is 11.4 Å². The Hall–Kier alpha value is -1.31. The first kappa shape index (κ1) is 16.1. The third-order valence-electron chi connectivity index (χ3n) is 4.50. The number of hydrogen-bond donors (Lipinski definition) is 1. The monoisotopic (exact) mass is 301 g/mol. The fraction of sp³-hybridized carbons (Fsp3) is 0.368. The number of benzene rings is 2. The minimum Gasteiger partial charge on any atom is -0.313 e. The van der Waals surface area contributed by atoms with Crippen molar-refractivity contribution in [1.82, 2.24) is 5.32 Å². The van der Waals surface area contributed by atoms with Gasteiger partial charge in [-0.2, -0.15) is 0 Å². The van der Waals surface area contributed by atoms with Crippen LogP contribution in [0.2, 0.25) is 5.02 Å². The molecule has 21 heavy (non-hydrogen) atoms. The second kappa shape index (κ2) is 6.64. The van der Waals surface area contributed by atoms with E-state index < -0.39 is 0 Å². The van der Waals surface area contributed by atoms with Crippen molar-refractivity contribution in [2.24, 2.45) is 0 Å². The average Bonchev–Trinajstić information content (AvgIpc) is 2.46. The van der Waals surface area contributed by atoms with Crippen LogP contribution >= 0.6 is 11.6 Å². The lowest BCUT2D eigenvalue weighted by molar-refractivity contribution is 0.584. The maximum atomic E-state index is 6.33. The Balaban J connectivity index is 2.46. The molecule has 2 rings (SSSR count). The maximum Gasteiger partial charge on any atom is 0.0438 e. The number of likely N-dealkylation sites (N-methyl/N-ethyl adjacent to an activating group) is 1. The number of rotatable bonds is 4. The van der Waals surface area contributed by atoms with Crippen LogP contribution in [0.3, 0.4) is 0 Å². The lowest BCUT2D eigenvalue weighted by Crippen LogP contribution is -2.22. The molecule has 1 N–H and O–H groups in total. The average molecular weight is 302 g/mol. The zero-order chi connectivity index (χ0) is 15.6. The van der Waals surface area contributed by atoms with Crippen LogP contribution in [0.5, 0.6) is 0 Å². The Morgan fingerprint density at radius 3 is 2.10 bits per heavy atom. The van der Waals surface area contributed by atoms with Crippen LogP contribution in [-0.4, -0.2) is 7.05 Å². The minimum atomic E-state index is 0.281. The molecule has 0 aliphatic heterocycles. The van der Waals surface area contributed by atoms with E-state index in [0.29, 0.717) is 0 Å². The molecule has 0 spiro atoms. The Kier molecular flexibility index (Phi) is 5.08. The second-order valence-corrected chi connectivity index (χ2v) is 6.22. The number of aryl methyl sites for hydroxylation is 2. The first-order valence-electron chi connectivity index (χ1n) is 7.43. The van der Waals surface area contributed by atoms with Crippen molar-refractivity contribution in [2.75, 3.05) is 7.05 Å². The third-order valence-corrected chi connectivity index (χ3v) is 4.87. The van der Waals surface area contributed by atoms with Gasteiger partial charge in [-0.25, -0.2) is 0 Å². The van der Waals surface area contributed by atoms with Crippen molar-refractivity contribution in [3.63, 3.8) is 0 Å². The van der Waals surface area contributed by atoms with Crippen LogP contribution in [0.15, 0.2) is 30.3 Å². The van der Waals surface area contributed by atoms with Crippen molar-refractivity contribution in [3.8, 4) is 0 Å². The molecule has 2 aromatic rings. The Morgan fingerprint density at radius 1 is 1.00 bits per heavy atom. The van der Waals surface area contributed by atoms with Crippen molar-refractivity contribution in [2.45, 2.75) is 40.2 Å². The highest BCUT2D eigenvalue weighted by atomic mass is 35.5. The maximum absolute atomic E-state index is 6.33. The van der Waals surface area contributed by atoms with Crippen LogP contribution in [0.4, 0.5) is 0 Å². The zero-order valence-corrected chi connectivity index (χ0v) is 14.3. The van der Waals surface area contributed by atoms with Crippen LogP contribution in [0.1, 0.15) is 39.4 Å². The van der Waals surface area contributed by atoms with Gasteiger partial charge in [0.1, 0.15) is 0 Å². The molecular formula is C19H24ClN. The quantitative estimate of drug-likeness (QED) is 0.830. The molecule has 1 nitrogen and oxygen atoms in total. The van der Waals surface area contributed by atoms with Crippen LogP contribution < -0.4 is 5.32 Å². The van der Waals surface area contributed by atoms with Crippen molar-refractivity contribution in [3.05, 3.63) is 68.7 Å². The van der Waals surface area contributed by atoms with E-state index in [9.17, 15) is 0 Å². The summed E-state index contributed by atoms with van der Waals surface area (Å²) >= 11 is 6.33. The predicted molar refractivity (Wildman–Crippen MR) is 92.3 cm³/mol. The Labute approximate surface area is 133 Å². The van der Waals surface area contributed by atoms with E-state index in [-0.39, 0.29) is 6.04 Å². The molecule has 0 aliphatic carbocycles. The molecule has 0 radical (unpaired) electrons. The van der Waals surface area contributed by atoms with Gasteiger partial charge in [0.2, 0.25) is 0 Å². The summed E-state index contributed by atoms with van der Waals surface area (Å²) in [5.41, 5.74) is 8.07. The van der Waals surface area contributed by atoms with Gasteiger partial charge < -0.3 is 5.32 Å². The molecule has 0 fully saturated rings. The zero-order valence-electron chi connectivity index (χ0n) is 13.5. The van der Waals surface area contributed by atoms with Gasteiger partial charge in [-0.1, -0.05) is 35.9 Å². The largest absolute Gasteiger partial charge is 0.313 e. The van der Waals surface area contributed by atoms with Crippen molar-refractivity contribution < 1.29 is 0 Å². The normalized spacial score (nSPS) is 12.5. The number of halogens is 1. The number of nitrogens with one attached hydrogen (secondary N) is 1. The van der Waals surface area contributed by atoms with Gasteiger partial charge in [0.05, 0.1) is 0 Å². The molecular weight excluding hydrogens is 278 g/mol. The van der Waals surface area contributed by atoms with E-state index in [1.165, 1.54) is 33.4 Å². The summed E-state index contributed by atoms with van der Waals surface area (Å²) in [7, 11) is 2.03. The number of hydrogen-bond acceptors (Lipinski definition) is 1. The summed E-state index contributed by atoms with van der Waals surface area (Å²) in [5, 5.41) is 4.32. The fourth-order valence-corrected chi connectivity index (χ4v) is 3.22. The van der Waals surface area contributed by atoms with Crippen LogP contribution in [0, 0.1) is 27.7 Å². The molecule has 1 atom stereocenters. The van der Waals surface area contributed by atoms with Crippen LogP contribution in [0.25, 0.3) is 0 Å². The highest BCUT2D eigenvalue weighted by Crippen LogP contribution is 2.30. The van der Waals surface area contributed by atoms with E-state index >= 15 is 0 Å². The standard InChI is InChI=1S/C19H24ClN/c1-12-10-13(2)15(4)19(14(12)3)18(21-5)11-16-8-6-7-9-17(16)20/h6-10,18,21H,11H2,1-5H3. The van der Waals surface area contributed by atoms with Gasteiger partial charge in [-0.15, -0.1) is 0 Å². The SMILES string of the molecule is CNC(Cc1ccccc1Cl)c1c(C)c(C)cc(C)c1C. The molecule has 0 bridgehead atoms. The van der Waals surface area contributed by atoms with Crippen LogP contribution in [-0.2, 0) is 6.42 Å². The topological polar surface area (TPSA) is 12.0 Å². The lowest BCUT2D eigenvalue weighted by Gasteiger charge is -2.24. The third kappa shape index (κ3) is 3.30. The van der Waals surface area contributed by atoms with E-state index in [1.54, 1.807) is 0 Å². The first-order chi connectivity index (χ1) is 9.95. The van der Waals surface area contributed by atoms with Gasteiger partial charge >= 0.3 is 0 Å². The molecule has 0 saturated heterocycles. The van der Waals surface area contributed by atoms with Gasteiger partial charge in [0.15, 0.2) is 0 Å². The fourth-order valence-electron chi connectivity index (χ4n) is 3.00. The first-order valence-corrected chi connectivity index (χ1v) is 7.81. The van der Waals surface area contributed by atoms with E-state index in [1.807, 2.05) is 19.2 Å². The Bertz CT molecular complexity index is 620. The molecule has 0 amide bonds. The molecule has 0 aromatic heterocycles. The minimum absolute atomic E-state index is 0.281. The summed E-state index contributed by atoms with van der Waals surface area (Å²) < 4.78 is 0. The molecule has 2 heteroatoms. The van der Waals surface area contributed by atoms with E-state index in [4.69, 9.17) is 11.6 Å². The molecule has 0 saturated carbocycles. The van der Waals surface area contributed by atoms with Gasteiger partial charge in [-0.05, 0) is 80.6 Å². The molecule has 1 unspecified atom stereocenters. The van der Waals surface area contributed by atoms with Gasteiger partial charge in [-0.3, -0.25) is 0 Å².